The number of nitrogens with one attached hydrogen (secondary N) is 2. The Balaban J connectivity index is 2.09. The zero-order chi connectivity index (χ0) is 12.3. The van der Waals surface area contributed by atoms with Gasteiger partial charge in [-0.1, -0.05) is 6.07 Å². The predicted molar refractivity (Wildman–Crippen MR) is 71.1 cm³/mol. The van der Waals surface area contributed by atoms with Gasteiger partial charge in [-0.3, -0.25) is 0 Å². The molecule has 1 aromatic heterocycles. The summed E-state index contributed by atoms with van der Waals surface area (Å²) in [5, 5.41) is 6.38. The summed E-state index contributed by atoms with van der Waals surface area (Å²) < 4.78 is 2.12. The highest BCUT2D eigenvalue weighted by molar-refractivity contribution is 5.76. The molecular weight excluding hydrogens is 212 g/mol. The van der Waals surface area contributed by atoms with Crippen molar-refractivity contribution in [3.8, 4) is 0 Å². The van der Waals surface area contributed by atoms with Crippen molar-refractivity contribution in [3.05, 3.63) is 29.6 Å². The molecule has 4 nitrogen and oxygen atoms in total. The van der Waals surface area contributed by atoms with Crippen molar-refractivity contribution in [1.82, 2.24) is 20.2 Å². The maximum absolute atomic E-state index is 4.55. The van der Waals surface area contributed by atoms with E-state index < -0.39 is 0 Å². The van der Waals surface area contributed by atoms with Crippen molar-refractivity contribution >= 4 is 11.0 Å². The van der Waals surface area contributed by atoms with E-state index in [0.717, 1.165) is 31.0 Å². The molecule has 0 aliphatic heterocycles. The van der Waals surface area contributed by atoms with Gasteiger partial charge in [0.05, 0.1) is 11.0 Å². The summed E-state index contributed by atoms with van der Waals surface area (Å²) in [5.74, 6) is 1.06. The summed E-state index contributed by atoms with van der Waals surface area (Å²) in [4.78, 5) is 4.55. The Morgan fingerprint density at radius 3 is 2.94 bits per heavy atom. The second-order valence-corrected chi connectivity index (χ2v) is 4.32. The van der Waals surface area contributed by atoms with Gasteiger partial charge in [-0.2, -0.15) is 0 Å². The molecular formula is C13H20N4. The first-order valence-corrected chi connectivity index (χ1v) is 5.99. The van der Waals surface area contributed by atoms with Gasteiger partial charge in [0, 0.05) is 20.3 Å². The monoisotopic (exact) mass is 232 g/mol. The third-order valence-corrected chi connectivity index (χ3v) is 3.06. The zero-order valence-electron chi connectivity index (χ0n) is 10.7. The van der Waals surface area contributed by atoms with Crippen molar-refractivity contribution in [2.75, 3.05) is 20.3 Å². The van der Waals surface area contributed by atoms with Gasteiger partial charge in [-0.25, -0.2) is 4.98 Å². The molecule has 0 atom stereocenters. The number of hydrogen-bond donors (Lipinski definition) is 2. The normalized spacial score (nSPS) is 11.2. The maximum Gasteiger partial charge on any atom is 0.106 e. The molecule has 1 aromatic carbocycles. The van der Waals surface area contributed by atoms with Crippen LogP contribution in [-0.4, -0.2) is 29.8 Å². The number of nitrogens with zero attached hydrogens (tertiary/aromatic N) is 2. The lowest BCUT2D eigenvalue weighted by Crippen LogP contribution is -2.27. The van der Waals surface area contributed by atoms with E-state index in [9.17, 15) is 0 Å². The van der Waals surface area contributed by atoms with Crippen LogP contribution >= 0.6 is 0 Å². The van der Waals surface area contributed by atoms with Crippen molar-refractivity contribution in [1.29, 1.82) is 0 Å². The van der Waals surface area contributed by atoms with Crippen molar-refractivity contribution < 1.29 is 0 Å². The van der Waals surface area contributed by atoms with E-state index in [1.807, 2.05) is 14.0 Å². The fraction of sp³-hybridized carbons (Fsp3) is 0.462. The summed E-state index contributed by atoms with van der Waals surface area (Å²) in [6.45, 7) is 3.87. The summed E-state index contributed by atoms with van der Waals surface area (Å²) in [6, 6.07) is 6.52. The van der Waals surface area contributed by atoms with Gasteiger partial charge in [0.2, 0.25) is 0 Å². The summed E-state index contributed by atoms with van der Waals surface area (Å²) in [6.07, 6.45) is 1.03. The smallest absolute Gasteiger partial charge is 0.106 e. The Morgan fingerprint density at radius 2 is 2.18 bits per heavy atom. The fourth-order valence-electron chi connectivity index (χ4n) is 1.97. The van der Waals surface area contributed by atoms with Gasteiger partial charge in [-0.05, 0) is 38.1 Å². The Morgan fingerprint density at radius 1 is 1.35 bits per heavy atom. The Hall–Kier alpha value is -1.39. The minimum absolute atomic E-state index is 0.852. The van der Waals surface area contributed by atoms with Crippen LogP contribution in [0.25, 0.3) is 11.0 Å². The molecule has 0 bridgehead atoms. The van der Waals surface area contributed by atoms with Crippen LogP contribution in [0.15, 0.2) is 18.2 Å². The quantitative estimate of drug-likeness (QED) is 0.601. The minimum Gasteiger partial charge on any atom is -0.331 e. The number of rotatable bonds is 5. The molecule has 2 aromatic rings. The maximum atomic E-state index is 4.55. The molecule has 0 amide bonds. The van der Waals surface area contributed by atoms with Crippen LogP contribution in [0.3, 0.4) is 0 Å². The third-order valence-electron chi connectivity index (χ3n) is 3.06. The van der Waals surface area contributed by atoms with Crippen LogP contribution in [0.2, 0.25) is 0 Å². The lowest BCUT2D eigenvalue weighted by Gasteiger charge is -2.04. The summed E-state index contributed by atoms with van der Waals surface area (Å²) in [5.41, 5.74) is 3.63. The van der Waals surface area contributed by atoms with Crippen LogP contribution in [0, 0.1) is 6.92 Å². The van der Waals surface area contributed by atoms with E-state index in [1.165, 1.54) is 11.1 Å². The molecule has 0 unspecified atom stereocenters. The van der Waals surface area contributed by atoms with Crippen molar-refractivity contribution in [3.63, 3.8) is 0 Å². The molecule has 0 saturated carbocycles. The molecule has 2 rings (SSSR count). The number of aryl methyl sites for hydroxylation is 2. The van der Waals surface area contributed by atoms with Crippen LogP contribution < -0.4 is 10.6 Å². The van der Waals surface area contributed by atoms with Gasteiger partial charge >= 0.3 is 0 Å². The molecule has 2 N–H and O–H groups in total. The van der Waals surface area contributed by atoms with Crippen LogP contribution in [0.1, 0.15) is 11.4 Å². The van der Waals surface area contributed by atoms with Crippen LogP contribution in [-0.2, 0) is 13.5 Å². The molecule has 1 heterocycles. The van der Waals surface area contributed by atoms with Crippen molar-refractivity contribution in [2.24, 2.45) is 7.05 Å². The average Bonchev–Trinajstić information content (AvgIpc) is 2.61. The minimum atomic E-state index is 0.852. The van der Waals surface area contributed by atoms with E-state index in [1.54, 1.807) is 0 Å². The second kappa shape index (κ2) is 5.29. The lowest BCUT2D eigenvalue weighted by atomic mass is 10.1. The molecule has 0 radical (unpaired) electrons. The van der Waals surface area contributed by atoms with E-state index in [-0.39, 0.29) is 0 Å². The highest BCUT2D eigenvalue weighted by Gasteiger charge is 2.04. The highest BCUT2D eigenvalue weighted by Crippen LogP contribution is 2.16. The van der Waals surface area contributed by atoms with Crippen LogP contribution in [0.4, 0.5) is 0 Å². The van der Waals surface area contributed by atoms with Gasteiger partial charge in [-0.15, -0.1) is 0 Å². The highest BCUT2D eigenvalue weighted by atomic mass is 15.0. The zero-order valence-corrected chi connectivity index (χ0v) is 10.7. The molecule has 0 aliphatic carbocycles. The number of fused-ring (bicyclic) bond motifs is 1. The summed E-state index contributed by atoms with van der Waals surface area (Å²) in [7, 11) is 3.99. The first kappa shape index (κ1) is 12.1. The largest absolute Gasteiger partial charge is 0.331 e. The first-order valence-electron chi connectivity index (χ1n) is 5.99. The summed E-state index contributed by atoms with van der Waals surface area (Å²) >= 11 is 0. The fourth-order valence-corrected chi connectivity index (χ4v) is 1.97. The van der Waals surface area contributed by atoms with E-state index in [2.05, 4.69) is 45.4 Å². The number of imidazole rings is 1. The molecule has 0 spiro atoms. The molecule has 0 aliphatic rings. The van der Waals surface area contributed by atoms with Crippen molar-refractivity contribution in [2.45, 2.75) is 13.3 Å². The first-order chi connectivity index (χ1) is 8.22. The molecule has 17 heavy (non-hydrogen) atoms. The second-order valence-electron chi connectivity index (χ2n) is 4.32. The van der Waals surface area contributed by atoms with Gasteiger partial charge in [0.15, 0.2) is 0 Å². The Kier molecular flexibility index (Phi) is 3.76. The van der Waals surface area contributed by atoms with E-state index in [0.29, 0.717) is 0 Å². The predicted octanol–water partition coefficient (Wildman–Crippen LogP) is 1.19. The van der Waals surface area contributed by atoms with Gasteiger partial charge < -0.3 is 15.2 Å². The van der Waals surface area contributed by atoms with Gasteiger partial charge in [0.25, 0.3) is 0 Å². The van der Waals surface area contributed by atoms with E-state index >= 15 is 0 Å². The molecule has 92 valence electrons. The van der Waals surface area contributed by atoms with Gasteiger partial charge in [0.1, 0.15) is 5.82 Å². The molecule has 0 saturated heterocycles. The molecule has 4 heteroatoms. The number of benzene rings is 1. The standard InChI is InChI=1S/C13H20N4/c1-10-16-12-8-11(6-7-15-9-14-2)4-5-13(12)17(10)3/h4-5,8,14-15H,6-7,9H2,1-3H3. The number of aromatic nitrogens is 2. The molecule has 0 fully saturated rings. The van der Waals surface area contributed by atoms with E-state index in [4.69, 9.17) is 0 Å². The Bertz CT molecular complexity index is 501. The topological polar surface area (TPSA) is 41.9 Å². The lowest BCUT2D eigenvalue weighted by molar-refractivity contribution is 0.631. The third kappa shape index (κ3) is 2.65. The number of hydrogen-bond acceptors (Lipinski definition) is 3. The van der Waals surface area contributed by atoms with Crippen LogP contribution in [0.5, 0.6) is 0 Å². The SMILES string of the molecule is CNCNCCc1ccc2c(c1)nc(C)n2C. The average molecular weight is 232 g/mol. The Labute approximate surface area is 102 Å².